The molecule has 3 heteroatoms. The highest BCUT2D eigenvalue weighted by Gasteiger charge is 2.31. The van der Waals surface area contributed by atoms with Crippen molar-refractivity contribution in [3.8, 4) is 0 Å². The van der Waals surface area contributed by atoms with E-state index in [4.69, 9.17) is 0 Å². The lowest BCUT2D eigenvalue weighted by molar-refractivity contribution is -0.109. The van der Waals surface area contributed by atoms with Gasteiger partial charge in [-0.15, -0.1) is 0 Å². The van der Waals surface area contributed by atoms with E-state index in [1.807, 2.05) is 50.2 Å². The van der Waals surface area contributed by atoms with Crippen LogP contribution in [0.4, 0.5) is 5.69 Å². The molecule has 1 aromatic rings. The minimum atomic E-state index is 0.0346. The van der Waals surface area contributed by atoms with Gasteiger partial charge in [0.25, 0.3) is 0 Å². The molecule has 3 nitrogen and oxygen atoms in total. The molecule has 0 N–H and O–H groups in total. The summed E-state index contributed by atoms with van der Waals surface area (Å²) in [7, 11) is 3.90. The Morgan fingerprint density at radius 1 is 1.17 bits per heavy atom. The number of likely N-dealkylation sites (N-methyl/N-ethyl adjacent to an activating group) is 1. The lowest BCUT2D eigenvalue weighted by atomic mass is 9.90. The first-order valence-electron chi connectivity index (χ1n) is 5.92. The van der Waals surface area contributed by atoms with E-state index in [0.717, 1.165) is 28.1 Å². The van der Waals surface area contributed by atoms with Gasteiger partial charge in [-0.3, -0.25) is 4.79 Å². The summed E-state index contributed by atoms with van der Waals surface area (Å²) >= 11 is 0. The van der Waals surface area contributed by atoms with Crippen molar-refractivity contribution in [2.75, 3.05) is 14.1 Å². The van der Waals surface area contributed by atoms with Gasteiger partial charge < -0.3 is 4.90 Å². The third-order valence-corrected chi connectivity index (χ3v) is 3.38. The Labute approximate surface area is 106 Å². The molecule has 1 heterocycles. The van der Waals surface area contributed by atoms with Gasteiger partial charge in [-0.25, -0.2) is 4.99 Å². The van der Waals surface area contributed by atoms with E-state index < -0.39 is 0 Å². The maximum Gasteiger partial charge on any atom is 0.209 e. The fourth-order valence-electron chi connectivity index (χ4n) is 2.43. The summed E-state index contributed by atoms with van der Waals surface area (Å²) in [5.41, 5.74) is 5.19. The van der Waals surface area contributed by atoms with Crippen LogP contribution >= 0.6 is 0 Å². The molecule has 0 bridgehead atoms. The Balaban J connectivity index is 2.23. The number of hydrogen-bond donors (Lipinski definition) is 0. The lowest BCUT2D eigenvalue weighted by Gasteiger charge is -2.22. The fourth-order valence-corrected chi connectivity index (χ4v) is 2.43. The summed E-state index contributed by atoms with van der Waals surface area (Å²) in [6, 6.07) is 7.87. The molecule has 1 aliphatic heterocycles. The summed E-state index contributed by atoms with van der Waals surface area (Å²) in [6.45, 7) is 1.86. The van der Waals surface area contributed by atoms with E-state index in [2.05, 4.69) is 11.1 Å². The summed E-state index contributed by atoms with van der Waals surface area (Å²) in [4.78, 5) is 18.7. The number of aliphatic imine (C=N–C) groups is 1. The van der Waals surface area contributed by atoms with Crippen molar-refractivity contribution < 1.29 is 4.79 Å². The number of benzene rings is 1. The molecule has 0 spiro atoms. The predicted molar refractivity (Wildman–Crippen MR) is 72.9 cm³/mol. The third-order valence-electron chi connectivity index (χ3n) is 3.38. The molecular weight excluding hydrogens is 224 g/mol. The second-order valence-electron chi connectivity index (χ2n) is 4.77. The summed E-state index contributed by atoms with van der Waals surface area (Å²) in [5, 5.41) is 0. The molecule has 3 rings (SSSR count). The molecule has 0 radical (unpaired) electrons. The number of carbonyl (C=O) groups excluding carboxylic acids is 1. The van der Waals surface area contributed by atoms with Crippen molar-refractivity contribution in [1.82, 2.24) is 4.90 Å². The molecule has 0 aromatic heterocycles. The van der Waals surface area contributed by atoms with Crippen molar-refractivity contribution in [2.24, 2.45) is 4.99 Å². The van der Waals surface area contributed by atoms with Crippen LogP contribution in [0.25, 0.3) is 5.57 Å². The largest absolute Gasteiger partial charge is 0.377 e. The van der Waals surface area contributed by atoms with Crippen LogP contribution in [0.3, 0.4) is 0 Å². The number of ketones is 1. The molecule has 1 aliphatic carbocycles. The van der Waals surface area contributed by atoms with E-state index >= 15 is 0 Å². The average Bonchev–Trinajstić information content (AvgIpc) is 2.72. The van der Waals surface area contributed by atoms with Crippen LogP contribution in [0.2, 0.25) is 0 Å². The quantitative estimate of drug-likeness (QED) is 0.704. The molecule has 0 saturated carbocycles. The third kappa shape index (κ3) is 1.37. The van der Waals surface area contributed by atoms with Crippen molar-refractivity contribution in [2.45, 2.75) is 6.92 Å². The zero-order valence-corrected chi connectivity index (χ0v) is 10.7. The predicted octanol–water partition coefficient (Wildman–Crippen LogP) is 2.57. The van der Waals surface area contributed by atoms with Gasteiger partial charge in [0.2, 0.25) is 5.78 Å². The maximum absolute atomic E-state index is 12.3. The summed E-state index contributed by atoms with van der Waals surface area (Å²) in [6.07, 6.45) is 2.06. The van der Waals surface area contributed by atoms with E-state index in [0.29, 0.717) is 5.71 Å². The van der Waals surface area contributed by atoms with Gasteiger partial charge in [0.05, 0.1) is 5.69 Å². The maximum atomic E-state index is 12.3. The summed E-state index contributed by atoms with van der Waals surface area (Å²) < 4.78 is 0. The van der Waals surface area contributed by atoms with E-state index in [1.165, 1.54) is 0 Å². The molecule has 0 fully saturated rings. The minimum Gasteiger partial charge on any atom is -0.377 e. The second-order valence-corrected chi connectivity index (χ2v) is 4.77. The van der Waals surface area contributed by atoms with Crippen LogP contribution in [-0.2, 0) is 4.79 Å². The molecule has 2 aliphatic rings. The topological polar surface area (TPSA) is 32.7 Å². The van der Waals surface area contributed by atoms with Gasteiger partial charge in [0, 0.05) is 36.5 Å². The van der Waals surface area contributed by atoms with Gasteiger partial charge in [-0.1, -0.05) is 18.2 Å². The monoisotopic (exact) mass is 238 g/mol. The van der Waals surface area contributed by atoms with E-state index in [1.54, 1.807) is 0 Å². The molecule has 1 aromatic carbocycles. The Kier molecular flexibility index (Phi) is 2.23. The van der Waals surface area contributed by atoms with Crippen LogP contribution in [0, 0.1) is 0 Å². The Morgan fingerprint density at radius 2 is 1.89 bits per heavy atom. The molecule has 90 valence electrons. The van der Waals surface area contributed by atoms with Crippen LogP contribution in [0.15, 0.2) is 46.6 Å². The van der Waals surface area contributed by atoms with Crippen molar-refractivity contribution in [3.63, 3.8) is 0 Å². The number of hydrogen-bond acceptors (Lipinski definition) is 3. The molecule has 18 heavy (non-hydrogen) atoms. The first-order chi connectivity index (χ1) is 8.59. The van der Waals surface area contributed by atoms with Gasteiger partial charge in [0.1, 0.15) is 5.71 Å². The number of carbonyl (C=O) groups is 1. The van der Waals surface area contributed by atoms with Gasteiger partial charge in [0.15, 0.2) is 0 Å². The fraction of sp³-hybridized carbons (Fsp3) is 0.200. The van der Waals surface area contributed by atoms with Crippen molar-refractivity contribution in [1.29, 1.82) is 0 Å². The highest BCUT2D eigenvalue weighted by atomic mass is 16.1. The first-order valence-corrected chi connectivity index (χ1v) is 5.92. The average molecular weight is 238 g/mol. The number of fused-ring (bicyclic) bond motifs is 3. The summed E-state index contributed by atoms with van der Waals surface area (Å²) in [5.74, 6) is 0.0346. The molecule has 0 amide bonds. The van der Waals surface area contributed by atoms with Gasteiger partial charge >= 0.3 is 0 Å². The second kappa shape index (κ2) is 3.67. The number of Topliss-reactive ketones (excluding diaryl/α,β-unsaturated/α-hetero) is 1. The van der Waals surface area contributed by atoms with E-state index in [9.17, 15) is 4.79 Å². The zero-order valence-electron chi connectivity index (χ0n) is 10.7. The van der Waals surface area contributed by atoms with Crippen molar-refractivity contribution in [3.05, 3.63) is 47.2 Å². The highest BCUT2D eigenvalue weighted by molar-refractivity contribution is 6.63. The van der Waals surface area contributed by atoms with E-state index in [-0.39, 0.29) is 5.78 Å². The lowest BCUT2D eigenvalue weighted by Crippen LogP contribution is -2.24. The molecule has 0 saturated heterocycles. The smallest absolute Gasteiger partial charge is 0.209 e. The number of allylic oxidation sites excluding steroid dienone is 3. The van der Waals surface area contributed by atoms with Gasteiger partial charge in [-0.05, 0) is 19.1 Å². The van der Waals surface area contributed by atoms with Gasteiger partial charge in [-0.2, -0.15) is 0 Å². The Morgan fingerprint density at radius 3 is 2.61 bits per heavy atom. The Bertz CT molecular complexity index is 648. The highest BCUT2D eigenvalue weighted by Crippen LogP contribution is 2.38. The zero-order chi connectivity index (χ0) is 12.9. The molecule has 0 atom stereocenters. The van der Waals surface area contributed by atoms with Crippen molar-refractivity contribution >= 4 is 22.8 Å². The standard InChI is InChI=1S/C15H14N2O/c1-9-13(17(2)3)8-11-10-6-4-5-7-12(10)16-14(11)15(9)18/h4-8H,1-3H3. The Hall–Kier alpha value is -2.16. The molecule has 0 unspecified atom stereocenters. The van der Waals surface area contributed by atoms with Crippen LogP contribution in [0.1, 0.15) is 12.5 Å². The minimum absolute atomic E-state index is 0.0346. The SMILES string of the molecule is CC1=C(N(C)C)C=C2C(=Nc3ccccc32)C1=O. The van der Waals surface area contributed by atoms with Crippen LogP contribution in [-0.4, -0.2) is 30.5 Å². The normalized spacial score (nSPS) is 17.2. The number of nitrogens with zero attached hydrogens (tertiary/aromatic N) is 2. The van der Waals surface area contributed by atoms with Crippen LogP contribution < -0.4 is 0 Å². The first kappa shape index (κ1) is 11.0. The molecular formula is C15H14N2O. The number of rotatable bonds is 1. The number of para-hydroxylation sites is 1. The van der Waals surface area contributed by atoms with Crippen LogP contribution in [0.5, 0.6) is 0 Å².